The molecule has 0 radical (unpaired) electrons. The Hall–Kier alpha value is -2.24. The fourth-order valence-electron chi connectivity index (χ4n) is 2.44. The SMILES string of the molecule is COc1ccc(-c2noc(C3CCC3)n2)c(OC)c1OC. The molecule has 1 aliphatic carbocycles. The largest absolute Gasteiger partial charge is 0.493 e. The van der Waals surface area contributed by atoms with Crippen molar-refractivity contribution in [3.8, 4) is 28.6 Å². The van der Waals surface area contributed by atoms with Gasteiger partial charge in [0.25, 0.3) is 0 Å². The Bertz CT molecular complexity index is 635. The van der Waals surface area contributed by atoms with E-state index in [-0.39, 0.29) is 0 Å². The van der Waals surface area contributed by atoms with E-state index in [1.54, 1.807) is 27.4 Å². The third-order valence-electron chi connectivity index (χ3n) is 3.84. The molecule has 0 atom stereocenters. The molecule has 112 valence electrons. The Morgan fingerprint density at radius 1 is 1.05 bits per heavy atom. The maximum absolute atomic E-state index is 5.45. The van der Waals surface area contributed by atoms with Crippen LogP contribution in [0.1, 0.15) is 31.1 Å². The highest BCUT2D eigenvalue weighted by Gasteiger charge is 2.27. The van der Waals surface area contributed by atoms with E-state index < -0.39 is 0 Å². The number of ether oxygens (including phenoxy) is 3. The fourth-order valence-corrected chi connectivity index (χ4v) is 2.44. The van der Waals surface area contributed by atoms with Crippen LogP contribution in [0.4, 0.5) is 0 Å². The van der Waals surface area contributed by atoms with E-state index in [0.717, 1.165) is 18.4 Å². The minimum absolute atomic E-state index is 0.400. The summed E-state index contributed by atoms with van der Waals surface area (Å²) in [5.41, 5.74) is 0.726. The highest BCUT2D eigenvalue weighted by atomic mass is 16.5. The number of methoxy groups -OCH3 is 3. The summed E-state index contributed by atoms with van der Waals surface area (Å²) in [4.78, 5) is 4.49. The summed E-state index contributed by atoms with van der Waals surface area (Å²) >= 11 is 0. The molecule has 1 aromatic heterocycles. The Kier molecular flexibility index (Phi) is 3.68. The molecule has 0 N–H and O–H groups in total. The van der Waals surface area contributed by atoms with E-state index in [2.05, 4.69) is 10.1 Å². The van der Waals surface area contributed by atoms with Crippen molar-refractivity contribution in [1.82, 2.24) is 10.1 Å². The zero-order valence-corrected chi connectivity index (χ0v) is 12.4. The molecule has 6 nitrogen and oxygen atoms in total. The second-order valence-corrected chi connectivity index (χ2v) is 4.97. The summed E-state index contributed by atoms with van der Waals surface area (Å²) in [6.07, 6.45) is 3.46. The summed E-state index contributed by atoms with van der Waals surface area (Å²) in [6.45, 7) is 0. The lowest BCUT2D eigenvalue weighted by molar-refractivity contribution is 0.292. The summed E-state index contributed by atoms with van der Waals surface area (Å²) in [5.74, 6) is 3.27. The summed E-state index contributed by atoms with van der Waals surface area (Å²) < 4.78 is 21.5. The molecule has 0 saturated heterocycles. The van der Waals surface area contributed by atoms with Crippen molar-refractivity contribution in [1.29, 1.82) is 0 Å². The number of hydrogen-bond acceptors (Lipinski definition) is 6. The summed E-state index contributed by atoms with van der Waals surface area (Å²) in [5, 5.41) is 4.07. The normalized spacial score (nSPS) is 14.6. The predicted molar refractivity (Wildman–Crippen MR) is 76.0 cm³/mol. The third kappa shape index (κ3) is 2.30. The summed E-state index contributed by atoms with van der Waals surface area (Å²) in [6, 6.07) is 3.64. The first kappa shape index (κ1) is 13.7. The van der Waals surface area contributed by atoms with Crippen LogP contribution in [0.5, 0.6) is 17.2 Å². The fraction of sp³-hybridized carbons (Fsp3) is 0.467. The maximum atomic E-state index is 5.45. The van der Waals surface area contributed by atoms with Gasteiger partial charge in [0, 0.05) is 5.92 Å². The highest BCUT2D eigenvalue weighted by molar-refractivity contribution is 5.72. The minimum atomic E-state index is 0.400. The van der Waals surface area contributed by atoms with Crippen molar-refractivity contribution >= 4 is 0 Å². The lowest BCUT2D eigenvalue weighted by Crippen LogP contribution is -2.08. The van der Waals surface area contributed by atoms with Crippen molar-refractivity contribution in [2.75, 3.05) is 21.3 Å². The van der Waals surface area contributed by atoms with Crippen LogP contribution in [-0.2, 0) is 0 Å². The molecule has 0 spiro atoms. The third-order valence-corrected chi connectivity index (χ3v) is 3.84. The van der Waals surface area contributed by atoms with Gasteiger partial charge < -0.3 is 18.7 Å². The number of hydrogen-bond donors (Lipinski definition) is 0. The second kappa shape index (κ2) is 5.63. The molecule has 1 fully saturated rings. The first-order chi connectivity index (χ1) is 10.3. The van der Waals surface area contributed by atoms with Crippen LogP contribution in [0.15, 0.2) is 16.7 Å². The van der Waals surface area contributed by atoms with Gasteiger partial charge in [-0.2, -0.15) is 4.98 Å². The van der Waals surface area contributed by atoms with Crippen LogP contribution < -0.4 is 14.2 Å². The molecule has 2 aromatic rings. The van der Waals surface area contributed by atoms with Crippen LogP contribution in [-0.4, -0.2) is 31.5 Å². The molecule has 1 aromatic carbocycles. The van der Waals surface area contributed by atoms with Crippen molar-refractivity contribution in [3.63, 3.8) is 0 Å². The number of nitrogens with zero attached hydrogens (tertiary/aromatic N) is 2. The molecule has 6 heteroatoms. The number of aromatic nitrogens is 2. The Morgan fingerprint density at radius 3 is 2.38 bits per heavy atom. The smallest absolute Gasteiger partial charge is 0.230 e. The van der Waals surface area contributed by atoms with E-state index in [1.807, 2.05) is 6.07 Å². The zero-order chi connectivity index (χ0) is 14.8. The minimum Gasteiger partial charge on any atom is -0.493 e. The molecule has 0 aliphatic heterocycles. The molecule has 0 bridgehead atoms. The standard InChI is InChI=1S/C15H18N2O4/c1-18-11-8-7-10(12(19-2)13(11)20-3)14-16-15(21-17-14)9-5-4-6-9/h7-9H,4-6H2,1-3H3. The van der Waals surface area contributed by atoms with Gasteiger partial charge in [-0.25, -0.2) is 0 Å². The van der Waals surface area contributed by atoms with Crippen molar-refractivity contribution in [3.05, 3.63) is 18.0 Å². The van der Waals surface area contributed by atoms with Crippen LogP contribution in [0.3, 0.4) is 0 Å². The van der Waals surface area contributed by atoms with E-state index in [9.17, 15) is 0 Å². The van der Waals surface area contributed by atoms with Gasteiger partial charge in [0.15, 0.2) is 11.5 Å². The lowest BCUT2D eigenvalue weighted by atomic mass is 9.85. The number of benzene rings is 1. The van der Waals surface area contributed by atoms with Gasteiger partial charge in [-0.15, -0.1) is 0 Å². The van der Waals surface area contributed by atoms with Crippen molar-refractivity contribution in [2.45, 2.75) is 25.2 Å². The van der Waals surface area contributed by atoms with Crippen molar-refractivity contribution < 1.29 is 18.7 Å². The monoisotopic (exact) mass is 290 g/mol. The molecule has 1 heterocycles. The highest BCUT2D eigenvalue weighted by Crippen LogP contribution is 2.44. The molecular weight excluding hydrogens is 272 g/mol. The van der Waals surface area contributed by atoms with Gasteiger partial charge in [-0.05, 0) is 25.0 Å². The van der Waals surface area contributed by atoms with Crippen LogP contribution in [0.25, 0.3) is 11.4 Å². The van der Waals surface area contributed by atoms with Gasteiger partial charge >= 0.3 is 0 Å². The molecule has 0 unspecified atom stereocenters. The predicted octanol–water partition coefficient (Wildman–Crippen LogP) is 3.03. The topological polar surface area (TPSA) is 66.6 Å². The van der Waals surface area contributed by atoms with E-state index in [4.69, 9.17) is 18.7 Å². The van der Waals surface area contributed by atoms with E-state index >= 15 is 0 Å². The Balaban J connectivity index is 2.02. The average Bonchev–Trinajstić information content (AvgIpc) is 2.92. The molecule has 21 heavy (non-hydrogen) atoms. The van der Waals surface area contributed by atoms with Gasteiger partial charge in [-0.1, -0.05) is 11.6 Å². The van der Waals surface area contributed by atoms with Gasteiger partial charge in [0.05, 0.1) is 26.9 Å². The van der Waals surface area contributed by atoms with Gasteiger partial charge in [-0.3, -0.25) is 0 Å². The first-order valence-electron chi connectivity index (χ1n) is 6.91. The number of rotatable bonds is 5. The lowest BCUT2D eigenvalue weighted by Gasteiger charge is -2.20. The van der Waals surface area contributed by atoms with Crippen LogP contribution in [0, 0.1) is 0 Å². The molecule has 1 saturated carbocycles. The van der Waals surface area contributed by atoms with Gasteiger partial charge in [0.1, 0.15) is 0 Å². The van der Waals surface area contributed by atoms with Crippen LogP contribution in [0.2, 0.25) is 0 Å². The Labute approximate surface area is 123 Å². The van der Waals surface area contributed by atoms with Gasteiger partial charge in [0.2, 0.25) is 17.5 Å². The molecular formula is C15H18N2O4. The maximum Gasteiger partial charge on any atom is 0.230 e. The first-order valence-corrected chi connectivity index (χ1v) is 6.91. The average molecular weight is 290 g/mol. The van der Waals surface area contributed by atoms with E-state index in [0.29, 0.717) is 34.9 Å². The van der Waals surface area contributed by atoms with Crippen LogP contribution >= 0.6 is 0 Å². The van der Waals surface area contributed by atoms with Crippen molar-refractivity contribution in [2.24, 2.45) is 0 Å². The quantitative estimate of drug-likeness (QED) is 0.843. The Morgan fingerprint density at radius 2 is 1.81 bits per heavy atom. The van der Waals surface area contributed by atoms with E-state index in [1.165, 1.54) is 6.42 Å². The zero-order valence-electron chi connectivity index (χ0n) is 12.4. The summed E-state index contributed by atoms with van der Waals surface area (Å²) in [7, 11) is 4.73. The molecule has 3 rings (SSSR count). The second-order valence-electron chi connectivity index (χ2n) is 4.97. The molecule has 1 aliphatic rings. The molecule has 0 amide bonds.